The number of carbonyl (C=O) groups is 2. The zero-order valence-corrected chi connectivity index (χ0v) is 16.1. The molecule has 1 saturated heterocycles. The summed E-state index contributed by atoms with van der Waals surface area (Å²) in [6, 6.07) is 9.69. The molecule has 2 heterocycles. The normalized spacial score (nSPS) is 17.9. The van der Waals surface area contributed by atoms with Crippen LogP contribution in [0.15, 0.2) is 34.7 Å². The van der Waals surface area contributed by atoms with Crippen LogP contribution in [-0.4, -0.2) is 34.2 Å². The molecule has 1 fully saturated rings. The summed E-state index contributed by atoms with van der Waals surface area (Å²) < 4.78 is 5.56. The van der Waals surface area contributed by atoms with E-state index in [1.807, 2.05) is 25.1 Å². The molecule has 1 aromatic heterocycles. The number of Topliss-reactive ketones (excluding diaryl/α,β-unsaturated/α-hetero) is 1. The molecule has 3 N–H and O–H groups in total. The van der Waals surface area contributed by atoms with Gasteiger partial charge in [-0.25, -0.2) is 4.98 Å². The lowest BCUT2D eigenvalue weighted by atomic mass is 10.0. The quantitative estimate of drug-likeness (QED) is 0.810. The first-order valence-electron chi connectivity index (χ1n) is 9.65. The molecule has 6 heteroatoms. The minimum Gasteiger partial charge on any atom is -0.440 e. The van der Waals surface area contributed by atoms with E-state index >= 15 is 0 Å². The highest BCUT2D eigenvalue weighted by Crippen LogP contribution is 2.24. The number of aryl methyl sites for hydroxylation is 2. The maximum absolute atomic E-state index is 12.9. The Morgan fingerprint density at radius 3 is 2.74 bits per heavy atom. The molecule has 0 bridgehead atoms. The number of nitrogens with zero attached hydrogens (tertiary/aromatic N) is 2. The molecule has 1 aliphatic rings. The van der Waals surface area contributed by atoms with Gasteiger partial charge in [0.25, 0.3) is 11.8 Å². The number of rotatable bonds is 7. The standard InChI is InChI=1S/C21H27N3O3/c1-14(22)20-23-19(15(2)27-20)21(26)24-13-7-11-17(24)18(25)12-6-10-16-8-4-3-5-9-16/h3-5,8-9,14,17H,6-7,10-13,22H2,1-2H3/p+1. The van der Waals surface area contributed by atoms with Crippen molar-refractivity contribution >= 4 is 11.7 Å². The van der Waals surface area contributed by atoms with Crippen molar-refractivity contribution in [1.82, 2.24) is 9.88 Å². The predicted molar refractivity (Wildman–Crippen MR) is 101 cm³/mol. The van der Waals surface area contributed by atoms with E-state index in [9.17, 15) is 9.59 Å². The molecular weight excluding hydrogens is 342 g/mol. The average Bonchev–Trinajstić information content (AvgIpc) is 3.29. The highest BCUT2D eigenvalue weighted by atomic mass is 16.4. The number of aromatic nitrogens is 1. The van der Waals surface area contributed by atoms with Gasteiger partial charge in [-0.05, 0) is 45.1 Å². The summed E-state index contributed by atoms with van der Waals surface area (Å²) in [7, 11) is 0. The molecule has 0 saturated carbocycles. The van der Waals surface area contributed by atoms with E-state index in [1.54, 1.807) is 11.8 Å². The molecule has 2 atom stereocenters. The van der Waals surface area contributed by atoms with Gasteiger partial charge >= 0.3 is 0 Å². The van der Waals surface area contributed by atoms with E-state index in [-0.39, 0.29) is 23.8 Å². The zero-order valence-electron chi connectivity index (χ0n) is 16.1. The fraction of sp³-hybridized carbons (Fsp3) is 0.476. The van der Waals surface area contributed by atoms with E-state index < -0.39 is 0 Å². The molecule has 144 valence electrons. The summed E-state index contributed by atoms with van der Waals surface area (Å²) in [6.07, 6.45) is 3.73. The van der Waals surface area contributed by atoms with Gasteiger partial charge in [-0.3, -0.25) is 9.59 Å². The average molecular weight is 370 g/mol. The van der Waals surface area contributed by atoms with Crippen molar-refractivity contribution in [2.45, 2.75) is 58.0 Å². The van der Waals surface area contributed by atoms with Gasteiger partial charge in [-0.2, -0.15) is 0 Å². The number of benzene rings is 1. The van der Waals surface area contributed by atoms with Gasteiger partial charge in [0.15, 0.2) is 17.5 Å². The summed E-state index contributed by atoms with van der Waals surface area (Å²) in [5.41, 5.74) is 5.43. The van der Waals surface area contributed by atoms with Crippen LogP contribution in [0, 0.1) is 6.92 Å². The Hall–Kier alpha value is -2.47. The molecule has 1 aliphatic heterocycles. The third kappa shape index (κ3) is 4.45. The van der Waals surface area contributed by atoms with Crippen molar-refractivity contribution in [2.24, 2.45) is 0 Å². The van der Waals surface area contributed by atoms with Crippen molar-refractivity contribution in [3.05, 3.63) is 53.2 Å². The smallest absolute Gasteiger partial charge is 0.276 e. The Morgan fingerprint density at radius 2 is 2.07 bits per heavy atom. The van der Waals surface area contributed by atoms with E-state index in [4.69, 9.17) is 4.42 Å². The van der Waals surface area contributed by atoms with Crippen LogP contribution < -0.4 is 5.73 Å². The fourth-order valence-electron chi connectivity index (χ4n) is 3.58. The summed E-state index contributed by atoms with van der Waals surface area (Å²) in [5, 5.41) is 0. The second-order valence-corrected chi connectivity index (χ2v) is 7.32. The summed E-state index contributed by atoms with van der Waals surface area (Å²) in [5.74, 6) is 0.888. The maximum Gasteiger partial charge on any atom is 0.276 e. The molecule has 27 heavy (non-hydrogen) atoms. The monoisotopic (exact) mass is 370 g/mol. The van der Waals surface area contributed by atoms with Gasteiger partial charge in [0, 0.05) is 13.0 Å². The van der Waals surface area contributed by atoms with Gasteiger partial charge in [0.05, 0.1) is 6.04 Å². The summed E-state index contributed by atoms with van der Waals surface area (Å²) in [4.78, 5) is 31.7. The van der Waals surface area contributed by atoms with Crippen LogP contribution in [0.25, 0.3) is 0 Å². The predicted octanol–water partition coefficient (Wildman–Crippen LogP) is 2.48. The minimum absolute atomic E-state index is 0.126. The van der Waals surface area contributed by atoms with Crippen LogP contribution in [0.5, 0.6) is 0 Å². The third-order valence-corrected chi connectivity index (χ3v) is 5.05. The highest BCUT2D eigenvalue weighted by Gasteiger charge is 2.36. The Kier molecular flexibility index (Phi) is 6.06. The topological polar surface area (TPSA) is 91.1 Å². The SMILES string of the molecule is Cc1oc(C(C)[NH3+])nc1C(=O)N1CCCC1C(=O)CCCc1ccccc1. The van der Waals surface area contributed by atoms with Gasteiger partial charge in [-0.15, -0.1) is 0 Å². The van der Waals surface area contributed by atoms with Crippen molar-refractivity contribution in [3.63, 3.8) is 0 Å². The molecule has 0 radical (unpaired) electrons. The van der Waals surface area contributed by atoms with Crippen LogP contribution in [0.1, 0.15) is 66.4 Å². The Morgan fingerprint density at radius 1 is 1.33 bits per heavy atom. The van der Waals surface area contributed by atoms with E-state index in [2.05, 4.69) is 22.9 Å². The largest absolute Gasteiger partial charge is 0.440 e. The van der Waals surface area contributed by atoms with Crippen LogP contribution in [-0.2, 0) is 11.2 Å². The fourth-order valence-corrected chi connectivity index (χ4v) is 3.58. The molecule has 6 nitrogen and oxygen atoms in total. The lowest BCUT2D eigenvalue weighted by Gasteiger charge is -2.23. The molecule has 1 aromatic carbocycles. The number of amides is 1. The molecule has 3 rings (SSSR count). The highest BCUT2D eigenvalue weighted by molar-refractivity contribution is 5.97. The van der Waals surface area contributed by atoms with Crippen LogP contribution in [0.3, 0.4) is 0 Å². The van der Waals surface area contributed by atoms with Crippen LogP contribution in [0.4, 0.5) is 0 Å². The Labute approximate surface area is 159 Å². The number of hydrogen-bond donors (Lipinski definition) is 1. The van der Waals surface area contributed by atoms with Crippen molar-refractivity contribution in [1.29, 1.82) is 0 Å². The molecule has 0 spiro atoms. The molecule has 2 unspecified atom stereocenters. The molecule has 2 aromatic rings. The van der Waals surface area contributed by atoms with Crippen LogP contribution in [0.2, 0.25) is 0 Å². The number of oxazole rings is 1. The number of carbonyl (C=O) groups excluding carboxylic acids is 2. The zero-order chi connectivity index (χ0) is 19.4. The molecule has 1 amide bonds. The molecular formula is C21H28N3O3+. The van der Waals surface area contributed by atoms with E-state index in [0.717, 1.165) is 25.7 Å². The number of hydrogen-bond acceptors (Lipinski definition) is 4. The van der Waals surface area contributed by atoms with Gasteiger partial charge in [-0.1, -0.05) is 30.3 Å². The Bertz CT molecular complexity index is 798. The number of quaternary nitrogens is 1. The third-order valence-electron chi connectivity index (χ3n) is 5.05. The van der Waals surface area contributed by atoms with E-state index in [0.29, 0.717) is 30.3 Å². The van der Waals surface area contributed by atoms with Crippen molar-refractivity contribution in [2.75, 3.05) is 6.54 Å². The first kappa shape index (κ1) is 19.3. The van der Waals surface area contributed by atoms with Gasteiger partial charge < -0.3 is 15.1 Å². The van der Waals surface area contributed by atoms with Crippen molar-refractivity contribution < 1.29 is 19.7 Å². The maximum atomic E-state index is 12.9. The summed E-state index contributed by atoms with van der Waals surface area (Å²) >= 11 is 0. The van der Waals surface area contributed by atoms with Crippen molar-refractivity contribution in [3.8, 4) is 0 Å². The first-order valence-corrected chi connectivity index (χ1v) is 9.65. The lowest BCUT2D eigenvalue weighted by Crippen LogP contribution is -2.52. The van der Waals surface area contributed by atoms with Gasteiger partial charge in [0.1, 0.15) is 5.76 Å². The molecule has 0 aliphatic carbocycles. The number of ketones is 1. The Balaban J connectivity index is 1.62. The summed E-state index contributed by atoms with van der Waals surface area (Å²) in [6.45, 7) is 4.20. The minimum atomic E-state index is -0.343. The first-order chi connectivity index (χ1) is 13.0. The van der Waals surface area contributed by atoms with Gasteiger partial charge in [0.2, 0.25) is 0 Å². The lowest BCUT2D eigenvalue weighted by molar-refractivity contribution is -0.425. The second kappa shape index (κ2) is 8.48. The van der Waals surface area contributed by atoms with E-state index in [1.165, 1.54) is 5.56 Å². The second-order valence-electron chi connectivity index (χ2n) is 7.32. The number of likely N-dealkylation sites (tertiary alicyclic amines) is 1. The van der Waals surface area contributed by atoms with Crippen LogP contribution >= 0.6 is 0 Å².